The highest BCUT2D eigenvalue weighted by atomic mass is 16.5. The van der Waals surface area contributed by atoms with Crippen LogP contribution >= 0.6 is 0 Å². The van der Waals surface area contributed by atoms with E-state index in [1.54, 1.807) is 0 Å². The first kappa shape index (κ1) is 15.4. The van der Waals surface area contributed by atoms with Crippen LogP contribution in [0.2, 0.25) is 0 Å². The van der Waals surface area contributed by atoms with E-state index in [4.69, 9.17) is 4.74 Å². The molecule has 0 fully saturated rings. The SMILES string of the molecule is C=C(C)C(C)(C=CC)OCCCC(C)CC. The van der Waals surface area contributed by atoms with Crippen LogP contribution in [0.25, 0.3) is 0 Å². The second-order valence-electron chi connectivity index (χ2n) is 4.89. The minimum atomic E-state index is -0.287. The van der Waals surface area contributed by atoms with Gasteiger partial charge in [0.05, 0.1) is 0 Å². The molecule has 0 saturated heterocycles. The Morgan fingerprint density at radius 3 is 2.56 bits per heavy atom. The smallest absolute Gasteiger partial charge is 0.104 e. The van der Waals surface area contributed by atoms with Crippen molar-refractivity contribution < 1.29 is 4.74 Å². The molecule has 0 amide bonds. The highest BCUT2D eigenvalue weighted by Gasteiger charge is 2.21. The van der Waals surface area contributed by atoms with Gasteiger partial charge in [0.15, 0.2) is 0 Å². The van der Waals surface area contributed by atoms with E-state index in [1.165, 1.54) is 12.8 Å². The second-order valence-corrected chi connectivity index (χ2v) is 4.89. The van der Waals surface area contributed by atoms with E-state index in [0.29, 0.717) is 0 Å². The van der Waals surface area contributed by atoms with Crippen LogP contribution in [0.1, 0.15) is 53.9 Å². The molecule has 1 heteroatoms. The number of allylic oxidation sites excluding steroid dienone is 1. The molecule has 0 rings (SSSR count). The monoisotopic (exact) mass is 224 g/mol. The van der Waals surface area contributed by atoms with Crippen LogP contribution in [0.3, 0.4) is 0 Å². The Hall–Kier alpha value is -0.560. The molecule has 0 aromatic rings. The van der Waals surface area contributed by atoms with Gasteiger partial charge in [-0.2, -0.15) is 0 Å². The number of hydrogen-bond donors (Lipinski definition) is 0. The summed E-state index contributed by atoms with van der Waals surface area (Å²) in [6.07, 6.45) is 7.75. The average Bonchev–Trinajstić information content (AvgIpc) is 2.24. The van der Waals surface area contributed by atoms with Crippen molar-refractivity contribution in [2.75, 3.05) is 6.61 Å². The number of hydrogen-bond acceptors (Lipinski definition) is 1. The normalized spacial score (nSPS) is 17.3. The molecule has 0 bridgehead atoms. The van der Waals surface area contributed by atoms with Crippen molar-refractivity contribution >= 4 is 0 Å². The fourth-order valence-electron chi connectivity index (χ4n) is 1.55. The lowest BCUT2D eigenvalue weighted by Gasteiger charge is -2.27. The van der Waals surface area contributed by atoms with E-state index < -0.39 is 0 Å². The van der Waals surface area contributed by atoms with Crippen molar-refractivity contribution in [3.8, 4) is 0 Å². The summed E-state index contributed by atoms with van der Waals surface area (Å²) in [4.78, 5) is 0. The maximum Gasteiger partial charge on any atom is 0.104 e. The second kappa shape index (κ2) is 7.67. The predicted octanol–water partition coefficient (Wildman–Crippen LogP) is 4.74. The molecule has 0 radical (unpaired) electrons. The maximum absolute atomic E-state index is 5.94. The van der Waals surface area contributed by atoms with Gasteiger partial charge in [0, 0.05) is 6.61 Å². The van der Waals surface area contributed by atoms with Crippen molar-refractivity contribution in [3.63, 3.8) is 0 Å². The fraction of sp³-hybridized carbons (Fsp3) is 0.733. The lowest BCUT2D eigenvalue weighted by atomic mass is 9.97. The van der Waals surface area contributed by atoms with Gasteiger partial charge in [-0.1, -0.05) is 39.0 Å². The first-order chi connectivity index (χ1) is 7.46. The van der Waals surface area contributed by atoms with Gasteiger partial charge in [-0.3, -0.25) is 0 Å². The highest BCUT2D eigenvalue weighted by molar-refractivity contribution is 5.18. The van der Waals surface area contributed by atoms with Crippen LogP contribution in [0.15, 0.2) is 24.3 Å². The summed E-state index contributed by atoms with van der Waals surface area (Å²) < 4.78 is 5.94. The molecule has 94 valence electrons. The first-order valence-electron chi connectivity index (χ1n) is 6.40. The molecule has 0 aromatic heterocycles. The molecule has 16 heavy (non-hydrogen) atoms. The Kier molecular flexibility index (Phi) is 7.40. The van der Waals surface area contributed by atoms with Gasteiger partial charge < -0.3 is 4.74 Å². The van der Waals surface area contributed by atoms with E-state index >= 15 is 0 Å². The summed E-state index contributed by atoms with van der Waals surface area (Å²) in [7, 11) is 0. The summed E-state index contributed by atoms with van der Waals surface area (Å²) >= 11 is 0. The predicted molar refractivity (Wildman–Crippen MR) is 72.7 cm³/mol. The van der Waals surface area contributed by atoms with Gasteiger partial charge >= 0.3 is 0 Å². The van der Waals surface area contributed by atoms with E-state index in [9.17, 15) is 0 Å². The van der Waals surface area contributed by atoms with Crippen molar-refractivity contribution in [1.82, 2.24) is 0 Å². The number of rotatable bonds is 8. The topological polar surface area (TPSA) is 9.23 Å². The van der Waals surface area contributed by atoms with Gasteiger partial charge in [-0.15, -0.1) is 0 Å². The molecule has 0 aliphatic rings. The molecule has 0 aliphatic heterocycles. The van der Waals surface area contributed by atoms with Crippen molar-refractivity contribution in [3.05, 3.63) is 24.3 Å². The Bertz CT molecular complexity index is 230. The zero-order chi connectivity index (χ0) is 12.6. The molecule has 0 heterocycles. The average molecular weight is 224 g/mol. The molecule has 0 saturated carbocycles. The molecular weight excluding hydrogens is 196 g/mol. The molecule has 1 nitrogen and oxygen atoms in total. The molecule has 0 spiro atoms. The molecule has 0 aromatic carbocycles. The maximum atomic E-state index is 5.94. The quantitative estimate of drug-likeness (QED) is 0.427. The molecule has 0 N–H and O–H groups in total. The third-order valence-electron chi connectivity index (χ3n) is 3.27. The summed E-state index contributed by atoms with van der Waals surface area (Å²) in [5, 5.41) is 0. The van der Waals surface area contributed by atoms with E-state index in [-0.39, 0.29) is 5.60 Å². The Labute approximate surface area is 102 Å². The van der Waals surface area contributed by atoms with Crippen molar-refractivity contribution in [2.45, 2.75) is 59.5 Å². The summed E-state index contributed by atoms with van der Waals surface area (Å²) in [5.74, 6) is 0.807. The third-order valence-corrected chi connectivity index (χ3v) is 3.27. The summed E-state index contributed by atoms with van der Waals surface area (Å²) in [6, 6.07) is 0. The van der Waals surface area contributed by atoms with Gasteiger partial charge in [-0.05, 0) is 45.1 Å². The summed E-state index contributed by atoms with van der Waals surface area (Å²) in [5.41, 5.74) is 0.777. The zero-order valence-corrected chi connectivity index (χ0v) is 11.7. The fourth-order valence-corrected chi connectivity index (χ4v) is 1.55. The largest absolute Gasteiger partial charge is 0.367 e. The van der Waals surface area contributed by atoms with Gasteiger partial charge in [-0.25, -0.2) is 0 Å². The summed E-state index contributed by atoms with van der Waals surface area (Å²) in [6.45, 7) is 15.5. The third kappa shape index (κ3) is 5.50. The Morgan fingerprint density at radius 2 is 2.12 bits per heavy atom. The molecule has 0 aliphatic carbocycles. The van der Waals surface area contributed by atoms with Gasteiger partial charge in [0.25, 0.3) is 0 Å². The number of ether oxygens (including phenoxy) is 1. The Morgan fingerprint density at radius 1 is 1.50 bits per heavy atom. The van der Waals surface area contributed by atoms with Crippen LogP contribution in [-0.2, 0) is 4.74 Å². The molecular formula is C15H28O. The van der Waals surface area contributed by atoms with E-state index in [1.807, 2.05) is 19.9 Å². The van der Waals surface area contributed by atoms with Crippen LogP contribution in [0.4, 0.5) is 0 Å². The van der Waals surface area contributed by atoms with Crippen LogP contribution in [-0.4, -0.2) is 12.2 Å². The van der Waals surface area contributed by atoms with Crippen molar-refractivity contribution in [1.29, 1.82) is 0 Å². The standard InChI is InChI=1S/C15H28O/c1-7-11-15(6,13(3)4)16-12-9-10-14(5)8-2/h7,11,14H,3,8-10,12H2,1-2,4-6H3. The van der Waals surface area contributed by atoms with Crippen LogP contribution in [0.5, 0.6) is 0 Å². The molecule has 2 unspecified atom stereocenters. The lowest BCUT2D eigenvalue weighted by Crippen LogP contribution is -2.27. The molecule has 2 atom stereocenters. The van der Waals surface area contributed by atoms with Crippen LogP contribution in [0, 0.1) is 5.92 Å². The zero-order valence-electron chi connectivity index (χ0n) is 11.7. The minimum absolute atomic E-state index is 0.287. The Balaban J connectivity index is 4.00. The van der Waals surface area contributed by atoms with Crippen molar-refractivity contribution in [2.24, 2.45) is 5.92 Å². The minimum Gasteiger partial charge on any atom is -0.367 e. The highest BCUT2D eigenvalue weighted by Crippen LogP contribution is 2.22. The van der Waals surface area contributed by atoms with Gasteiger partial charge in [0.2, 0.25) is 0 Å². The van der Waals surface area contributed by atoms with E-state index in [0.717, 1.165) is 24.5 Å². The lowest BCUT2D eigenvalue weighted by molar-refractivity contribution is 0.0291. The van der Waals surface area contributed by atoms with Crippen LogP contribution < -0.4 is 0 Å². The van der Waals surface area contributed by atoms with E-state index in [2.05, 4.69) is 33.4 Å². The first-order valence-corrected chi connectivity index (χ1v) is 6.40. The van der Waals surface area contributed by atoms with Gasteiger partial charge in [0.1, 0.15) is 5.60 Å².